The molecule has 2 amide bonds. The van der Waals surface area contributed by atoms with Gasteiger partial charge in [-0.15, -0.1) is 0 Å². The number of nitrogens with zero attached hydrogens (tertiary/aromatic N) is 3. The molecule has 0 bridgehead atoms. The smallest absolute Gasteiger partial charge is 0.315 e. The number of hydrogen-bond acceptors (Lipinski definition) is 4. The molecule has 2 aromatic carbocycles. The molecule has 2 N–H and O–H groups in total. The Bertz CT molecular complexity index is 1050. The summed E-state index contributed by atoms with van der Waals surface area (Å²) in [6, 6.07) is 13.3. The molecule has 1 aromatic heterocycles. The van der Waals surface area contributed by atoms with Crippen LogP contribution in [-0.2, 0) is 19.6 Å². The van der Waals surface area contributed by atoms with Crippen molar-refractivity contribution in [3.8, 4) is 5.75 Å². The Labute approximate surface area is 193 Å². The van der Waals surface area contributed by atoms with E-state index in [0.717, 1.165) is 49.2 Å². The Balaban J connectivity index is 1.18. The summed E-state index contributed by atoms with van der Waals surface area (Å²) in [4.78, 5) is 18.7. The van der Waals surface area contributed by atoms with Gasteiger partial charge >= 0.3 is 6.03 Å². The van der Waals surface area contributed by atoms with E-state index in [1.807, 2.05) is 29.0 Å². The second-order valence-electron chi connectivity index (χ2n) is 8.40. The molecule has 174 valence electrons. The lowest BCUT2D eigenvalue weighted by Crippen LogP contribution is -2.47. The molecule has 0 aliphatic carbocycles. The van der Waals surface area contributed by atoms with Gasteiger partial charge in [-0.3, -0.25) is 4.90 Å². The maximum Gasteiger partial charge on any atom is 0.315 e. The van der Waals surface area contributed by atoms with Gasteiger partial charge in [0.15, 0.2) is 11.6 Å². The average Bonchev–Trinajstić information content (AvgIpc) is 3.32. The van der Waals surface area contributed by atoms with Gasteiger partial charge in [0.1, 0.15) is 0 Å². The normalized spacial score (nSPS) is 14.7. The highest BCUT2D eigenvalue weighted by Crippen LogP contribution is 2.20. The van der Waals surface area contributed by atoms with Crippen LogP contribution in [0.1, 0.15) is 29.5 Å². The zero-order valence-electron chi connectivity index (χ0n) is 18.8. The number of benzene rings is 2. The lowest BCUT2D eigenvalue weighted by atomic mass is 10.0. The standard InChI is InChI=1S/C25H30FN5O2/c1-33-24-6-5-21(14-23(24)26)16-30-10-7-22(8-11-30)29-25(32)28-15-19-3-2-4-20(13-19)17-31-12-9-27-18-31/h2-6,9,12-14,18,22H,7-8,10-11,15-17H2,1H3,(H2,28,29,32). The number of carbonyl (C=O) groups excluding carboxylic acids is 1. The molecule has 1 saturated heterocycles. The molecule has 8 heteroatoms. The Kier molecular flexibility index (Phi) is 7.57. The lowest BCUT2D eigenvalue weighted by Gasteiger charge is -2.32. The summed E-state index contributed by atoms with van der Waals surface area (Å²) in [5.41, 5.74) is 3.15. The summed E-state index contributed by atoms with van der Waals surface area (Å²) in [6.07, 6.45) is 7.22. The van der Waals surface area contributed by atoms with Gasteiger partial charge in [0, 0.05) is 51.2 Å². The summed E-state index contributed by atoms with van der Waals surface area (Å²) in [5.74, 6) is -0.0758. The number of halogens is 1. The monoisotopic (exact) mass is 451 g/mol. The first-order chi connectivity index (χ1) is 16.1. The highest BCUT2D eigenvalue weighted by atomic mass is 19.1. The summed E-state index contributed by atoms with van der Waals surface area (Å²) in [5, 5.41) is 6.05. The van der Waals surface area contributed by atoms with Gasteiger partial charge in [-0.05, 0) is 41.7 Å². The third-order valence-corrected chi connectivity index (χ3v) is 5.91. The van der Waals surface area contributed by atoms with Gasteiger partial charge in [0.25, 0.3) is 0 Å². The van der Waals surface area contributed by atoms with Gasteiger partial charge in [-0.25, -0.2) is 14.2 Å². The molecule has 33 heavy (non-hydrogen) atoms. The number of amides is 2. The van der Waals surface area contributed by atoms with Crippen molar-refractivity contribution >= 4 is 6.03 Å². The number of imidazole rings is 1. The Morgan fingerprint density at radius 1 is 1.12 bits per heavy atom. The van der Waals surface area contributed by atoms with Crippen LogP contribution in [0.5, 0.6) is 5.75 Å². The highest BCUT2D eigenvalue weighted by molar-refractivity contribution is 5.74. The van der Waals surface area contributed by atoms with Gasteiger partial charge in [-0.2, -0.15) is 0 Å². The minimum Gasteiger partial charge on any atom is -0.494 e. The third-order valence-electron chi connectivity index (χ3n) is 5.91. The van der Waals surface area contributed by atoms with E-state index in [9.17, 15) is 9.18 Å². The molecule has 2 heterocycles. The lowest BCUT2D eigenvalue weighted by molar-refractivity contribution is 0.186. The predicted molar refractivity (Wildman–Crippen MR) is 124 cm³/mol. The van der Waals surface area contributed by atoms with Crippen LogP contribution >= 0.6 is 0 Å². The number of methoxy groups -OCH3 is 1. The van der Waals surface area contributed by atoms with Crippen molar-refractivity contribution in [1.82, 2.24) is 25.1 Å². The fourth-order valence-electron chi connectivity index (χ4n) is 4.15. The van der Waals surface area contributed by atoms with Crippen molar-refractivity contribution in [2.75, 3.05) is 20.2 Å². The van der Waals surface area contributed by atoms with Crippen LogP contribution in [0.25, 0.3) is 0 Å². The van der Waals surface area contributed by atoms with Crippen LogP contribution in [-0.4, -0.2) is 46.7 Å². The fourth-order valence-corrected chi connectivity index (χ4v) is 4.15. The number of aromatic nitrogens is 2. The number of hydrogen-bond donors (Lipinski definition) is 2. The molecule has 1 aliphatic heterocycles. The molecule has 1 fully saturated rings. The van der Waals surface area contributed by atoms with E-state index in [-0.39, 0.29) is 23.6 Å². The SMILES string of the molecule is COc1ccc(CN2CCC(NC(=O)NCc3cccc(Cn4ccnc4)c3)CC2)cc1F. The minimum absolute atomic E-state index is 0.140. The Hall–Kier alpha value is -3.39. The molecule has 0 atom stereocenters. The van der Waals surface area contributed by atoms with E-state index < -0.39 is 0 Å². The quantitative estimate of drug-likeness (QED) is 0.550. The van der Waals surface area contributed by atoms with Crippen molar-refractivity contribution < 1.29 is 13.9 Å². The Morgan fingerprint density at radius 3 is 2.64 bits per heavy atom. The largest absolute Gasteiger partial charge is 0.494 e. The summed E-state index contributed by atoms with van der Waals surface area (Å²) in [6.45, 7) is 3.63. The van der Waals surface area contributed by atoms with E-state index in [4.69, 9.17) is 4.74 Å². The second-order valence-corrected chi connectivity index (χ2v) is 8.40. The van der Waals surface area contributed by atoms with Crippen molar-refractivity contribution in [2.45, 2.75) is 38.5 Å². The van der Waals surface area contributed by atoms with E-state index in [1.54, 1.807) is 18.6 Å². The van der Waals surface area contributed by atoms with Crippen molar-refractivity contribution in [2.24, 2.45) is 0 Å². The van der Waals surface area contributed by atoms with E-state index in [0.29, 0.717) is 13.1 Å². The van der Waals surface area contributed by atoms with Gasteiger partial charge < -0.3 is 19.9 Å². The Morgan fingerprint density at radius 2 is 1.91 bits per heavy atom. The maximum atomic E-state index is 13.9. The van der Waals surface area contributed by atoms with Crippen LogP contribution in [0.3, 0.4) is 0 Å². The van der Waals surface area contributed by atoms with Gasteiger partial charge in [0.05, 0.1) is 13.4 Å². The first-order valence-corrected chi connectivity index (χ1v) is 11.2. The average molecular weight is 452 g/mol. The van der Waals surface area contributed by atoms with Crippen molar-refractivity contribution in [3.63, 3.8) is 0 Å². The maximum absolute atomic E-state index is 13.9. The van der Waals surface area contributed by atoms with Crippen LogP contribution < -0.4 is 15.4 Å². The molecule has 4 rings (SSSR count). The van der Waals surface area contributed by atoms with Gasteiger partial charge in [0.2, 0.25) is 0 Å². The summed E-state index contributed by atoms with van der Waals surface area (Å²) < 4.78 is 20.9. The zero-order chi connectivity index (χ0) is 23.0. The molecule has 1 aliphatic rings. The number of carbonyl (C=O) groups is 1. The van der Waals surface area contributed by atoms with Crippen molar-refractivity contribution in [3.05, 3.63) is 83.7 Å². The third kappa shape index (κ3) is 6.55. The number of nitrogens with one attached hydrogen (secondary N) is 2. The number of likely N-dealkylation sites (tertiary alicyclic amines) is 1. The molecule has 3 aromatic rings. The minimum atomic E-state index is -0.338. The number of ether oxygens (including phenoxy) is 1. The number of rotatable bonds is 8. The molecular formula is C25H30FN5O2. The molecule has 7 nitrogen and oxygen atoms in total. The fraction of sp³-hybridized carbons (Fsp3) is 0.360. The molecule has 0 spiro atoms. The molecule has 0 unspecified atom stereocenters. The molecular weight excluding hydrogens is 421 g/mol. The van der Waals surface area contributed by atoms with Crippen LogP contribution in [0.2, 0.25) is 0 Å². The predicted octanol–water partition coefficient (Wildman–Crippen LogP) is 3.54. The summed E-state index contributed by atoms with van der Waals surface area (Å²) >= 11 is 0. The first-order valence-electron chi connectivity index (χ1n) is 11.2. The van der Waals surface area contributed by atoms with Crippen molar-refractivity contribution in [1.29, 1.82) is 0 Å². The van der Waals surface area contributed by atoms with Crippen LogP contribution in [0.4, 0.5) is 9.18 Å². The van der Waals surface area contributed by atoms with E-state index in [2.05, 4.69) is 32.7 Å². The molecule has 0 saturated carbocycles. The first kappa shape index (κ1) is 22.8. The summed E-state index contributed by atoms with van der Waals surface area (Å²) in [7, 11) is 1.46. The number of piperidine rings is 1. The van der Waals surface area contributed by atoms with E-state index in [1.165, 1.54) is 13.2 Å². The van der Waals surface area contributed by atoms with E-state index >= 15 is 0 Å². The highest BCUT2D eigenvalue weighted by Gasteiger charge is 2.21. The van der Waals surface area contributed by atoms with Crippen LogP contribution in [0, 0.1) is 5.82 Å². The second kappa shape index (κ2) is 11.0. The molecule has 0 radical (unpaired) electrons. The zero-order valence-corrected chi connectivity index (χ0v) is 18.8. The van der Waals surface area contributed by atoms with Crippen LogP contribution in [0.15, 0.2) is 61.2 Å². The number of urea groups is 1. The van der Waals surface area contributed by atoms with Gasteiger partial charge in [-0.1, -0.05) is 30.3 Å². The topological polar surface area (TPSA) is 71.4 Å².